The molecule has 0 atom stereocenters. The van der Waals surface area contributed by atoms with Gasteiger partial charge in [-0.1, -0.05) is 52.0 Å². The van der Waals surface area contributed by atoms with Crippen molar-refractivity contribution >= 4 is 0 Å². The molecule has 3 heteroatoms. The molecule has 0 radical (unpaired) electrons. The number of nitrogens with one attached hydrogen (secondary N) is 1. The predicted octanol–water partition coefficient (Wildman–Crippen LogP) is 5.41. The molecule has 0 unspecified atom stereocenters. The number of rotatable bonds is 3. The van der Waals surface area contributed by atoms with Crippen LogP contribution in [0.1, 0.15) is 50.2 Å². The van der Waals surface area contributed by atoms with E-state index in [9.17, 15) is 0 Å². The average Bonchev–Trinajstić information content (AvgIpc) is 2.93. The quantitative estimate of drug-likeness (QED) is 0.794. The first-order valence-electron chi connectivity index (χ1n) is 10.2. The Morgan fingerprint density at radius 3 is 1.81 bits per heavy atom. The van der Waals surface area contributed by atoms with Crippen molar-refractivity contribution in [2.45, 2.75) is 55.0 Å². The smallest absolute Gasteiger partial charge is 0.0234 e. The van der Waals surface area contributed by atoms with Gasteiger partial charge < -0.3 is 9.88 Å². The molecule has 3 nitrogen and oxygen atoms in total. The van der Waals surface area contributed by atoms with Crippen molar-refractivity contribution in [3.63, 3.8) is 0 Å². The second-order valence-corrected chi connectivity index (χ2v) is 6.65. The number of aryl methyl sites for hydroxylation is 2. The molecule has 3 rings (SSSR count). The minimum Gasteiger partial charge on any atom is -0.362 e. The molecule has 0 bridgehead atoms. The van der Waals surface area contributed by atoms with Crippen molar-refractivity contribution in [2.24, 2.45) is 0 Å². The monoisotopic (exact) mass is 357 g/mol. The van der Waals surface area contributed by atoms with E-state index in [1.54, 1.807) is 0 Å². The number of hydrogen-bond donors (Lipinski definition) is 1. The highest BCUT2D eigenvalue weighted by Gasteiger charge is 2.14. The van der Waals surface area contributed by atoms with Gasteiger partial charge in [-0.2, -0.15) is 0 Å². The third-order valence-corrected chi connectivity index (χ3v) is 4.93. The van der Waals surface area contributed by atoms with Crippen molar-refractivity contribution in [3.05, 3.63) is 46.8 Å². The van der Waals surface area contributed by atoms with Crippen molar-refractivity contribution in [2.75, 3.05) is 33.2 Å². The maximum atomic E-state index is 3.45. The van der Waals surface area contributed by atoms with E-state index in [0.717, 1.165) is 6.54 Å². The lowest BCUT2D eigenvalue weighted by Crippen LogP contribution is -2.43. The summed E-state index contributed by atoms with van der Waals surface area (Å²) >= 11 is 0. The Bertz CT molecular complexity index is 632. The van der Waals surface area contributed by atoms with Crippen molar-refractivity contribution in [1.82, 2.24) is 14.8 Å². The first-order chi connectivity index (χ1) is 12.5. The summed E-state index contributed by atoms with van der Waals surface area (Å²) in [5, 5.41) is 0. The van der Waals surface area contributed by atoms with Gasteiger partial charge >= 0.3 is 0 Å². The Morgan fingerprint density at radius 2 is 1.35 bits per heavy atom. The molecule has 1 aliphatic heterocycles. The summed E-state index contributed by atoms with van der Waals surface area (Å²) in [6.07, 6.45) is 0. The highest BCUT2D eigenvalue weighted by molar-refractivity contribution is 5.71. The van der Waals surface area contributed by atoms with Crippen LogP contribution in [0.4, 0.5) is 0 Å². The minimum absolute atomic E-state index is 1.07. The maximum Gasteiger partial charge on any atom is 0.0234 e. The first-order valence-corrected chi connectivity index (χ1v) is 10.2. The molecule has 146 valence electrons. The molecule has 2 heterocycles. The zero-order chi connectivity index (χ0) is 19.7. The number of aromatic nitrogens is 1. The Kier molecular flexibility index (Phi) is 9.68. The van der Waals surface area contributed by atoms with Crippen LogP contribution >= 0.6 is 0 Å². The summed E-state index contributed by atoms with van der Waals surface area (Å²) in [6.45, 7) is 20.3. The van der Waals surface area contributed by atoms with Gasteiger partial charge in [0.2, 0.25) is 0 Å². The molecule has 26 heavy (non-hydrogen) atoms. The van der Waals surface area contributed by atoms with E-state index in [0.29, 0.717) is 0 Å². The Hall–Kier alpha value is -1.58. The van der Waals surface area contributed by atoms with Crippen LogP contribution in [0.5, 0.6) is 0 Å². The van der Waals surface area contributed by atoms with E-state index in [1.807, 2.05) is 27.7 Å². The molecule has 1 aromatic heterocycles. The molecule has 0 amide bonds. The number of H-pyrrole nitrogens is 1. The number of likely N-dealkylation sites (N-methyl/N-ethyl adjacent to an activating group) is 1. The zero-order valence-corrected chi connectivity index (χ0v) is 18.2. The molecule has 0 saturated carbocycles. The number of hydrogen-bond acceptors (Lipinski definition) is 2. The van der Waals surface area contributed by atoms with E-state index in [-0.39, 0.29) is 0 Å². The van der Waals surface area contributed by atoms with Gasteiger partial charge in [0.1, 0.15) is 0 Å². The molecular formula is C23H39N3. The van der Waals surface area contributed by atoms with Gasteiger partial charge in [-0.05, 0) is 44.5 Å². The summed E-state index contributed by atoms with van der Waals surface area (Å²) < 4.78 is 0. The Labute approximate surface area is 161 Å². The van der Waals surface area contributed by atoms with Crippen molar-refractivity contribution in [3.8, 4) is 11.1 Å². The standard InChI is InChI=1S/C19H27N3.2C2H6/c1-14-15(2)20-16(3)19(14)18-7-5-17(6-8-18)13-22-11-9-21(4)10-12-22;2*1-2/h5-8,20H,9-13H2,1-4H3;2*1-2H3. The molecule has 1 aromatic carbocycles. The van der Waals surface area contributed by atoms with Crippen LogP contribution < -0.4 is 0 Å². The van der Waals surface area contributed by atoms with Crippen LogP contribution in [-0.2, 0) is 6.54 Å². The highest BCUT2D eigenvalue weighted by atomic mass is 15.2. The van der Waals surface area contributed by atoms with Gasteiger partial charge in [-0.15, -0.1) is 0 Å². The lowest BCUT2D eigenvalue weighted by atomic mass is 10.00. The van der Waals surface area contributed by atoms with Gasteiger partial charge in [0.05, 0.1) is 0 Å². The summed E-state index contributed by atoms with van der Waals surface area (Å²) in [7, 11) is 2.20. The second-order valence-electron chi connectivity index (χ2n) is 6.65. The topological polar surface area (TPSA) is 22.3 Å². The molecule has 1 fully saturated rings. The highest BCUT2D eigenvalue weighted by Crippen LogP contribution is 2.29. The van der Waals surface area contributed by atoms with Crippen LogP contribution in [0.15, 0.2) is 24.3 Å². The molecule has 0 aliphatic carbocycles. The SMILES string of the molecule is CC.CC.Cc1[nH]c(C)c(-c2ccc(CN3CCN(C)CC3)cc2)c1C. The van der Waals surface area contributed by atoms with Crippen LogP contribution in [-0.4, -0.2) is 48.0 Å². The number of piperazine rings is 1. The van der Waals surface area contributed by atoms with Gasteiger partial charge in [-0.3, -0.25) is 4.90 Å². The van der Waals surface area contributed by atoms with E-state index < -0.39 is 0 Å². The predicted molar refractivity (Wildman–Crippen MR) is 116 cm³/mol. The summed E-state index contributed by atoms with van der Waals surface area (Å²) in [5.74, 6) is 0. The van der Waals surface area contributed by atoms with Gasteiger partial charge in [0, 0.05) is 49.7 Å². The summed E-state index contributed by atoms with van der Waals surface area (Å²) in [6, 6.07) is 9.12. The largest absolute Gasteiger partial charge is 0.362 e. The van der Waals surface area contributed by atoms with Crippen molar-refractivity contribution < 1.29 is 0 Å². The fraction of sp³-hybridized carbons (Fsp3) is 0.565. The number of nitrogens with zero attached hydrogens (tertiary/aromatic N) is 2. The minimum atomic E-state index is 1.07. The number of benzene rings is 1. The molecule has 1 N–H and O–H groups in total. The van der Waals surface area contributed by atoms with E-state index >= 15 is 0 Å². The normalized spacial score (nSPS) is 14.9. The van der Waals surface area contributed by atoms with Crippen LogP contribution in [0.2, 0.25) is 0 Å². The lowest BCUT2D eigenvalue weighted by molar-refractivity contribution is 0.148. The zero-order valence-electron chi connectivity index (χ0n) is 18.2. The third-order valence-electron chi connectivity index (χ3n) is 4.93. The van der Waals surface area contributed by atoms with Crippen LogP contribution in [0.25, 0.3) is 11.1 Å². The first kappa shape index (κ1) is 22.5. The second kappa shape index (κ2) is 11.2. The molecule has 1 saturated heterocycles. The Morgan fingerprint density at radius 1 is 0.808 bits per heavy atom. The van der Waals surface area contributed by atoms with Crippen molar-refractivity contribution in [1.29, 1.82) is 0 Å². The van der Waals surface area contributed by atoms with E-state index in [4.69, 9.17) is 0 Å². The lowest BCUT2D eigenvalue weighted by Gasteiger charge is -2.32. The number of aromatic amines is 1. The Balaban J connectivity index is 0.000000791. The third kappa shape index (κ3) is 5.72. The average molecular weight is 358 g/mol. The fourth-order valence-corrected chi connectivity index (χ4v) is 3.38. The maximum absolute atomic E-state index is 3.45. The van der Waals surface area contributed by atoms with E-state index in [1.165, 1.54) is 59.8 Å². The van der Waals surface area contributed by atoms with Crippen LogP contribution in [0.3, 0.4) is 0 Å². The molecule has 1 aliphatic rings. The van der Waals surface area contributed by atoms with Gasteiger partial charge in [0.15, 0.2) is 0 Å². The fourth-order valence-electron chi connectivity index (χ4n) is 3.38. The molecule has 0 spiro atoms. The van der Waals surface area contributed by atoms with Crippen LogP contribution in [0, 0.1) is 20.8 Å². The summed E-state index contributed by atoms with van der Waals surface area (Å²) in [5.41, 5.74) is 8.00. The van der Waals surface area contributed by atoms with E-state index in [2.05, 4.69) is 66.9 Å². The van der Waals surface area contributed by atoms with Gasteiger partial charge in [-0.25, -0.2) is 0 Å². The summed E-state index contributed by atoms with van der Waals surface area (Å²) in [4.78, 5) is 8.40. The molecular weight excluding hydrogens is 318 g/mol. The van der Waals surface area contributed by atoms with Gasteiger partial charge in [0.25, 0.3) is 0 Å². The molecule has 2 aromatic rings.